The predicted octanol–water partition coefficient (Wildman–Crippen LogP) is 4.01. The number of hydrogen-bond donors (Lipinski definition) is 1. The van der Waals surface area contributed by atoms with Crippen LogP contribution in [-0.2, 0) is 21.4 Å². The minimum Gasteiger partial charge on any atom is -0.350 e. The van der Waals surface area contributed by atoms with E-state index in [1.807, 2.05) is 68.4 Å². The lowest BCUT2D eigenvalue weighted by Gasteiger charge is -2.30. The Morgan fingerprint density at radius 3 is 2.31 bits per heavy atom. The molecule has 0 bridgehead atoms. The molecular formula is C23H26N2O3S. The Hall–Kier alpha value is -2.86. The minimum atomic E-state index is -3.63. The molecule has 0 aliphatic carbocycles. The van der Waals surface area contributed by atoms with Crippen LogP contribution < -0.4 is 9.62 Å². The molecule has 3 aromatic rings. The molecule has 0 unspecified atom stereocenters. The standard InChI is InChI=1S/C23H26N2O3S/c1-4-22(25(29(3,27)28)20-14-12-17(2)13-15-20)23(26)24-16-19-10-7-9-18-8-5-6-11-21(18)19/h5-15,22H,4,16H2,1-3H3,(H,24,26)/t22-/m1/s1. The minimum absolute atomic E-state index is 0.313. The van der Waals surface area contributed by atoms with E-state index in [9.17, 15) is 13.2 Å². The van der Waals surface area contributed by atoms with Crippen LogP contribution in [0.25, 0.3) is 10.8 Å². The van der Waals surface area contributed by atoms with Crippen LogP contribution in [0.15, 0.2) is 66.7 Å². The molecule has 0 spiro atoms. The maximum Gasteiger partial charge on any atom is 0.244 e. The average Bonchev–Trinajstić information content (AvgIpc) is 2.70. The molecular weight excluding hydrogens is 384 g/mol. The van der Waals surface area contributed by atoms with Gasteiger partial charge in [0, 0.05) is 6.54 Å². The molecule has 1 N–H and O–H groups in total. The number of amides is 1. The van der Waals surface area contributed by atoms with Crippen LogP contribution in [0.5, 0.6) is 0 Å². The van der Waals surface area contributed by atoms with Crippen molar-refractivity contribution < 1.29 is 13.2 Å². The lowest BCUT2D eigenvalue weighted by molar-refractivity contribution is -0.122. The first-order chi connectivity index (χ1) is 13.8. The van der Waals surface area contributed by atoms with Gasteiger partial charge in [0.15, 0.2) is 0 Å². The summed E-state index contributed by atoms with van der Waals surface area (Å²) in [5, 5.41) is 5.10. The van der Waals surface area contributed by atoms with Crippen LogP contribution in [0.4, 0.5) is 5.69 Å². The summed E-state index contributed by atoms with van der Waals surface area (Å²) in [6, 6.07) is 20.3. The Labute approximate surface area is 172 Å². The number of fused-ring (bicyclic) bond motifs is 1. The summed E-state index contributed by atoms with van der Waals surface area (Å²) in [5.41, 5.74) is 2.51. The molecule has 6 heteroatoms. The lowest BCUT2D eigenvalue weighted by atomic mass is 10.0. The molecule has 5 nitrogen and oxygen atoms in total. The van der Waals surface area contributed by atoms with Crippen molar-refractivity contribution in [2.75, 3.05) is 10.6 Å². The van der Waals surface area contributed by atoms with Crippen molar-refractivity contribution in [2.45, 2.75) is 32.9 Å². The Morgan fingerprint density at radius 1 is 1.00 bits per heavy atom. The Kier molecular flexibility index (Phi) is 6.23. The van der Waals surface area contributed by atoms with Gasteiger partial charge in [-0.15, -0.1) is 0 Å². The quantitative estimate of drug-likeness (QED) is 0.640. The number of rotatable bonds is 7. The molecule has 0 radical (unpaired) electrons. The van der Waals surface area contributed by atoms with Gasteiger partial charge in [0.05, 0.1) is 11.9 Å². The molecule has 1 amide bonds. The number of hydrogen-bond acceptors (Lipinski definition) is 3. The Balaban J connectivity index is 1.85. The molecule has 0 aliphatic heterocycles. The Bertz CT molecular complexity index is 1100. The number of aryl methyl sites for hydroxylation is 1. The van der Waals surface area contributed by atoms with Gasteiger partial charge in [-0.25, -0.2) is 8.42 Å². The number of nitrogens with one attached hydrogen (secondary N) is 1. The van der Waals surface area contributed by atoms with E-state index in [-0.39, 0.29) is 5.91 Å². The first-order valence-corrected chi connectivity index (χ1v) is 11.5. The second-order valence-corrected chi connectivity index (χ2v) is 9.03. The van der Waals surface area contributed by atoms with E-state index in [2.05, 4.69) is 5.32 Å². The summed E-state index contributed by atoms with van der Waals surface area (Å²) in [7, 11) is -3.63. The van der Waals surface area contributed by atoms with Gasteiger partial charge in [-0.3, -0.25) is 9.10 Å². The highest BCUT2D eigenvalue weighted by Crippen LogP contribution is 2.23. The maximum atomic E-state index is 13.0. The fourth-order valence-corrected chi connectivity index (χ4v) is 4.71. The highest BCUT2D eigenvalue weighted by atomic mass is 32.2. The molecule has 3 aromatic carbocycles. The zero-order valence-electron chi connectivity index (χ0n) is 16.9. The average molecular weight is 411 g/mol. The van der Waals surface area contributed by atoms with Crippen LogP contribution >= 0.6 is 0 Å². The van der Waals surface area contributed by atoms with Gasteiger partial charge >= 0.3 is 0 Å². The second kappa shape index (κ2) is 8.66. The van der Waals surface area contributed by atoms with Crippen molar-refractivity contribution in [2.24, 2.45) is 0 Å². The molecule has 0 heterocycles. The summed E-state index contributed by atoms with van der Waals surface area (Å²) in [6.45, 7) is 4.08. The molecule has 152 valence electrons. The van der Waals surface area contributed by atoms with Gasteiger partial charge in [0.2, 0.25) is 15.9 Å². The zero-order chi connectivity index (χ0) is 21.0. The normalized spacial score (nSPS) is 12.5. The molecule has 1 atom stereocenters. The SMILES string of the molecule is CC[C@H](C(=O)NCc1cccc2ccccc12)N(c1ccc(C)cc1)S(C)(=O)=O. The van der Waals surface area contributed by atoms with Crippen LogP contribution in [0, 0.1) is 6.92 Å². The van der Waals surface area contributed by atoms with Crippen molar-refractivity contribution in [3.63, 3.8) is 0 Å². The van der Waals surface area contributed by atoms with Crippen LogP contribution in [-0.4, -0.2) is 26.6 Å². The van der Waals surface area contributed by atoms with Gasteiger partial charge in [-0.05, 0) is 41.8 Å². The fourth-order valence-electron chi connectivity index (χ4n) is 3.50. The largest absolute Gasteiger partial charge is 0.350 e. The molecule has 0 saturated heterocycles. The van der Waals surface area contributed by atoms with Crippen molar-refractivity contribution >= 4 is 32.4 Å². The van der Waals surface area contributed by atoms with E-state index in [0.29, 0.717) is 18.7 Å². The van der Waals surface area contributed by atoms with Gasteiger partial charge in [-0.1, -0.05) is 67.1 Å². The third-order valence-corrected chi connectivity index (χ3v) is 6.13. The predicted molar refractivity (Wildman–Crippen MR) is 118 cm³/mol. The molecule has 3 rings (SSSR count). The van der Waals surface area contributed by atoms with Crippen molar-refractivity contribution in [1.29, 1.82) is 0 Å². The first kappa shape index (κ1) is 20.9. The number of sulfonamides is 1. The summed E-state index contributed by atoms with van der Waals surface area (Å²) in [5.74, 6) is -0.313. The van der Waals surface area contributed by atoms with Gasteiger partial charge in [-0.2, -0.15) is 0 Å². The van der Waals surface area contributed by atoms with E-state index in [0.717, 1.165) is 28.2 Å². The monoisotopic (exact) mass is 410 g/mol. The number of nitrogens with zero attached hydrogens (tertiary/aromatic N) is 1. The maximum absolute atomic E-state index is 13.0. The zero-order valence-corrected chi connectivity index (χ0v) is 17.7. The second-order valence-electron chi connectivity index (χ2n) is 7.17. The summed E-state index contributed by atoms with van der Waals surface area (Å²) >= 11 is 0. The first-order valence-electron chi connectivity index (χ1n) is 9.61. The van der Waals surface area contributed by atoms with Crippen LogP contribution in [0.2, 0.25) is 0 Å². The number of carbonyl (C=O) groups excluding carboxylic acids is 1. The van der Waals surface area contributed by atoms with Crippen molar-refractivity contribution in [1.82, 2.24) is 5.32 Å². The highest BCUT2D eigenvalue weighted by molar-refractivity contribution is 7.92. The summed E-state index contributed by atoms with van der Waals surface area (Å²) in [4.78, 5) is 13.0. The smallest absolute Gasteiger partial charge is 0.244 e. The van der Waals surface area contributed by atoms with Gasteiger partial charge in [0.1, 0.15) is 6.04 Å². The molecule has 0 fully saturated rings. The van der Waals surface area contributed by atoms with E-state index in [4.69, 9.17) is 0 Å². The topological polar surface area (TPSA) is 66.5 Å². The molecule has 0 aromatic heterocycles. The van der Waals surface area contributed by atoms with E-state index < -0.39 is 16.1 Å². The number of anilines is 1. The fraction of sp³-hybridized carbons (Fsp3) is 0.261. The van der Waals surface area contributed by atoms with E-state index in [1.54, 1.807) is 12.1 Å². The number of benzene rings is 3. The lowest BCUT2D eigenvalue weighted by Crippen LogP contribution is -2.49. The van der Waals surface area contributed by atoms with E-state index >= 15 is 0 Å². The number of carbonyl (C=O) groups is 1. The van der Waals surface area contributed by atoms with Crippen LogP contribution in [0.1, 0.15) is 24.5 Å². The summed E-state index contributed by atoms with van der Waals surface area (Å²) < 4.78 is 26.2. The van der Waals surface area contributed by atoms with E-state index in [1.165, 1.54) is 4.31 Å². The molecule has 0 saturated carbocycles. The molecule has 0 aliphatic rings. The third-order valence-electron chi connectivity index (χ3n) is 4.95. The Morgan fingerprint density at radius 2 is 1.66 bits per heavy atom. The van der Waals surface area contributed by atoms with Gasteiger partial charge in [0.25, 0.3) is 0 Å². The molecule has 29 heavy (non-hydrogen) atoms. The van der Waals surface area contributed by atoms with Crippen molar-refractivity contribution in [3.8, 4) is 0 Å². The third kappa shape index (κ3) is 4.77. The highest BCUT2D eigenvalue weighted by Gasteiger charge is 2.31. The van der Waals surface area contributed by atoms with Gasteiger partial charge < -0.3 is 5.32 Å². The summed E-state index contributed by atoms with van der Waals surface area (Å²) in [6.07, 6.45) is 1.50. The van der Waals surface area contributed by atoms with Crippen LogP contribution in [0.3, 0.4) is 0 Å². The van der Waals surface area contributed by atoms with Crippen molar-refractivity contribution in [3.05, 3.63) is 77.9 Å².